The van der Waals surface area contributed by atoms with Crippen LogP contribution in [-0.4, -0.2) is 9.91 Å². The molecule has 0 unspecified atom stereocenters. The summed E-state index contributed by atoms with van der Waals surface area (Å²) in [6.07, 6.45) is 1.78. The molecule has 0 amide bonds. The van der Waals surface area contributed by atoms with Crippen LogP contribution in [0.2, 0.25) is 0 Å². The summed E-state index contributed by atoms with van der Waals surface area (Å²) in [5.41, 5.74) is 3.21. The van der Waals surface area contributed by atoms with Gasteiger partial charge in [0.25, 0.3) is 5.69 Å². The minimum absolute atomic E-state index is 0.150. The van der Waals surface area contributed by atoms with Crippen molar-refractivity contribution in [2.24, 2.45) is 0 Å². The lowest BCUT2D eigenvalue weighted by molar-refractivity contribution is -0.384. The second kappa shape index (κ2) is 5.48. The monoisotopic (exact) mass is 276 g/mol. The number of hydrogen-bond acceptors (Lipinski definition) is 4. The number of benzene rings is 1. The molecule has 0 saturated carbocycles. The van der Waals surface area contributed by atoms with Crippen molar-refractivity contribution in [2.45, 2.75) is 33.6 Å². The van der Waals surface area contributed by atoms with Crippen molar-refractivity contribution < 1.29 is 4.92 Å². The van der Waals surface area contributed by atoms with Crippen LogP contribution in [0, 0.1) is 24.0 Å². The quantitative estimate of drug-likeness (QED) is 0.618. The molecule has 19 heavy (non-hydrogen) atoms. The van der Waals surface area contributed by atoms with E-state index in [4.69, 9.17) is 0 Å². The largest absolute Gasteiger partial charge is 0.269 e. The zero-order valence-electron chi connectivity index (χ0n) is 11.3. The summed E-state index contributed by atoms with van der Waals surface area (Å²) < 4.78 is 0. The van der Waals surface area contributed by atoms with Crippen LogP contribution in [0.4, 0.5) is 5.69 Å². The number of non-ortho nitro benzene ring substituents is 1. The highest BCUT2D eigenvalue weighted by atomic mass is 32.1. The summed E-state index contributed by atoms with van der Waals surface area (Å²) >= 11 is 1.64. The molecule has 100 valence electrons. The Morgan fingerprint density at radius 3 is 2.63 bits per heavy atom. The fourth-order valence-electron chi connectivity index (χ4n) is 1.97. The summed E-state index contributed by atoms with van der Waals surface area (Å²) in [5, 5.41) is 11.8. The first-order valence-corrected chi connectivity index (χ1v) is 7.06. The minimum Gasteiger partial charge on any atom is -0.258 e. The highest BCUT2D eigenvalue weighted by Crippen LogP contribution is 2.32. The van der Waals surface area contributed by atoms with Gasteiger partial charge in [-0.2, -0.15) is 0 Å². The van der Waals surface area contributed by atoms with Gasteiger partial charge in [-0.3, -0.25) is 10.1 Å². The van der Waals surface area contributed by atoms with Gasteiger partial charge in [0, 0.05) is 22.6 Å². The molecule has 0 aliphatic rings. The van der Waals surface area contributed by atoms with Gasteiger partial charge >= 0.3 is 0 Å². The van der Waals surface area contributed by atoms with Gasteiger partial charge in [-0.15, -0.1) is 11.3 Å². The molecule has 1 aromatic carbocycles. The molecular weight excluding hydrogens is 260 g/mol. The van der Waals surface area contributed by atoms with Crippen molar-refractivity contribution in [1.82, 2.24) is 4.98 Å². The number of nitrogens with zero attached hydrogens (tertiary/aromatic N) is 2. The van der Waals surface area contributed by atoms with Gasteiger partial charge in [0.15, 0.2) is 0 Å². The van der Waals surface area contributed by atoms with Gasteiger partial charge in [0.2, 0.25) is 0 Å². The number of aryl methyl sites for hydroxylation is 3. The summed E-state index contributed by atoms with van der Waals surface area (Å²) in [5.74, 6) is 0. The van der Waals surface area contributed by atoms with Crippen molar-refractivity contribution >= 4 is 17.0 Å². The van der Waals surface area contributed by atoms with E-state index < -0.39 is 0 Å². The third-order valence-electron chi connectivity index (χ3n) is 3.08. The Morgan fingerprint density at radius 1 is 1.37 bits per heavy atom. The van der Waals surface area contributed by atoms with Crippen LogP contribution in [-0.2, 0) is 6.42 Å². The van der Waals surface area contributed by atoms with E-state index in [-0.39, 0.29) is 10.6 Å². The predicted octanol–water partition coefficient (Wildman–Crippen LogP) is 4.29. The van der Waals surface area contributed by atoms with Gasteiger partial charge in [-0.25, -0.2) is 4.98 Å². The zero-order chi connectivity index (χ0) is 14.0. The first-order chi connectivity index (χ1) is 9.02. The SMILES string of the molecule is CCCc1cc([N+](=O)[O-])ccc1-c1nc(C)c(C)s1. The van der Waals surface area contributed by atoms with Gasteiger partial charge in [0.1, 0.15) is 5.01 Å². The molecule has 1 heterocycles. The summed E-state index contributed by atoms with van der Waals surface area (Å²) in [6, 6.07) is 5.05. The molecule has 0 atom stereocenters. The number of thiazole rings is 1. The number of rotatable bonds is 4. The molecule has 0 saturated heterocycles. The van der Waals surface area contributed by atoms with Crippen LogP contribution in [0.1, 0.15) is 29.5 Å². The number of hydrogen-bond donors (Lipinski definition) is 0. The fraction of sp³-hybridized carbons (Fsp3) is 0.357. The van der Waals surface area contributed by atoms with Crippen molar-refractivity contribution in [3.05, 3.63) is 44.4 Å². The molecule has 0 N–H and O–H groups in total. The average molecular weight is 276 g/mol. The molecule has 0 fully saturated rings. The van der Waals surface area contributed by atoms with Crippen LogP contribution in [0.3, 0.4) is 0 Å². The lowest BCUT2D eigenvalue weighted by atomic mass is 10.0. The van der Waals surface area contributed by atoms with E-state index in [0.29, 0.717) is 0 Å². The molecule has 0 spiro atoms. The Kier molecular flexibility index (Phi) is 3.95. The van der Waals surface area contributed by atoms with E-state index in [1.165, 1.54) is 4.88 Å². The third-order valence-corrected chi connectivity index (χ3v) is 4.18. The summed E-state index contributed by atoms with van der Waals surface area (Å²) in [6.45, 7) is 6.10. The molecule has 5 heteroatoms. The van der Waals surface area contributed by atoms with Gasteiger partial charge in [-0.05, 0) is 31.9 Å². The maximum atomic E-state index is 10.9. The van der Waals surface area contributed by atoms with Crippen molar-refractivity contribution in [2.75, 3.05) is 0 Å². The Labute approximate surface area is 116 Å². The maximum absolute atomic E-state index is 10.9. The van der Waals surface area contributed by atoms with Crippen LogP contribution in [0.15, 0.2) is 18.2 Å². The smallest absolute Gasteiger partial charge is 0.258 e. The topological polar surface area (TPSA) is 56.0 Å². The normalized spacial score (nSPS) is 10.7. The highest BCUT2D eigenvalue weighted by Gasteiger charge is 2.14. The first kappa shape index (κ1) is 13.7. The van der Waals surface area contributed by atoms with Crippen molar-refractivity contribution in [1.29, 1.82) is 0 Å². The van der Waals surface area contributed by atoms with Gasteiger partial charge < -0.3 is 0 Å². The van der Waals surface area contributed by atoms with Crippen LogP contribution < -0.4 is 0 Å². The lowest BCUT2D eigenvalue weighted by Gasteiger charge is -2.05. The van der Waals surface area contributed by atoms with Crippen molar-refractivity contribution in [3.63, 3.8) is 0 Å². The number of nitro groups is 1. The van der Waals surface area contributed by atoms with E-state index in [9.17, 15) is 10.1 Å². The first-order valence-electron chi connectivity index (χ1n) is 6.24. The molecule has 0 radical (unpaired) electrons. The average Bonchev–Trinajstić information content (AvgIpc) is 2.69. The Bertz CT molecular complexity index is 600. The lowest BCUT2D eigenvalue weighted by Crippen LogP contribution is -1.94. The van der Waals surface area contributed by atoms with Crippen molar-refractivity contribution in [3.8, 4) is 10.6 Å². The van der Waals surface area contributed by atoms with E-state index in [1.807, 2.05) is 19.9 Å². The molecule has 0 aliphatic heterocycles. The molecule has 4 nitrogen and oxygen atoms in total. The fourth-order valence-corrected chi connectivity index (χ4v) is 2.94. The molecule has 1 aromatic heterocycles. The zero-order valence-corrected chi connectivity index (χ0v) is 12.1. The summed E-state index contributed by atoms with van der Waals surface area (Å²) in [7, 11) is 0. The molecule has 0 bridgehead atoms. The number of nitro benzene ring substituents is 1. The minimum atomic E-state index is -0.346. The maximum Gasteiger partial charge on any atom is 0.269 e. The van der Waals surface area contributed by atoms with Crippen LogP contribution in [0.5, 0.6) is 0 Å². The highest BCUT2D eigenvalue weighted by molar-refractivity contribution is 7.15. The van der Waals surface area contributed by atoms with Crippen LogP contribution >= 0.6 is 11.3 Å². The van der Waals surface area contributed by atoms with E-state index in [1.54, 1.807) is 23.5 Å². The number of aromatic nitrogens is 1. The van der Waals surface area contributed by atoms with Crippen LogP contribution in [0.25, 0.3) is 10.6 Å². The van der Waals surface area contributed by atoms with Gasteiger partial charge in [-0.1, -0.05) is 13.3 Å². The second-order valence-electron chi connectivity index (χ2n) is 4.51. The standard InChI is InChI=1S/C14H16N2O2S/c1-4-5-11-8-12(16(17)18)6-7-13(11)14-15-9(2)10(3)19-14/h6-8H,4-5H2,1-3H3. The summed E-state index contributed by atoms with van der Waals surface area (Å²) in [4.78, 5) is 16.2. The molecule has 2 aromatic rings. The predicted molar refractivity (Wildman–Crippen MR) is 77.7 cm³/mol. The molecule has 0 aliphatic carbocycles. The molecule has 2 rings (SSSR count). The second-order valence-corrected chi connectivity index (χ2v) is 5.71. The Hall–Kier alpha value is -1.75. The van der Waals surface area contributed by atoms with E-state index in [2.05, 4.69) is 11.9 Å². The Morgan fingerprint density at radius 2 is 2.11 bits per heavy atom. The van der Waals surface area contributed by atoms with E-state index in [0.717, 1.165) is 34.7 Å². The third kappa shape index (κ3) is 2.81. The van der Waals surface area contributed by atoms with E-state index >= 15 is 0 Å². The Balaban J connectivity index is 2.52. The molecular formula is C14H16N2O2S. The van der Waals surface area contributed by atoms with Gasteiger partial charge in [0.05, 0.1) is 10.6 Å².